The van der Waals surface area contributed by atoms with Gasteiger partial charge in [-0.3, -0.25) is 10.1 Å². The molecule has 0 amide bonds. The lowest BCUT2D eigenvalue weighted by Gasteiger charge is -2.35. The summed E-state index contributed by atoms with van der Waals surface area (Å²) in [6, 6.07) is 13.7. The molecular formula is C23H26N4O4S. The molecule has 168 valence electrons. The molecule has 1 fully saturated rings. The molecule has 8 nitrogen and oxygen atoms in total. The zero-order valence-electron chi connectivity index (χ0n) is 18.4. The first-order valence-electron chi connectivity index (χ1n) is 10.6. The Bertz CT molecular complexity index is 1280. The Morgan fingerprint density at radius 2 is 1.72 bits per heavy atom. The Labute approximate surface area is 187 Å². The minimum atomic E-state index is -3.96. The summed E-state index contributed by atoms with van der Waals surface area (Å²) in [6.45, 7) is 7.74. The van der Waals surface area contributed by atoms with Crippen LogP contribution in [0, 0.1) is 17.0 Å². The topological polar surface area (TPSA) is 96.7 Å². The predicted octanol–water partition coefficient (Wildman–Crippen LogP) is 4.09. The van der Waals surface area contributed by atoms with Crippen LogP contribution in [0.1, 0.15) is 30.9 Å². The largest absolute Gasteiger partial charge is 0.354 e. The Hall–Kier alpha value is -3.04. The van der Waals surface area contributed by atoms with Gasteiger partial charge in [0.25, 0.3) is 5.69 Å². The molecule has 1 aliphatic heterocycles. The fourth-order valence-electron chi connectivity index (χ4n) is 4.17. The first-order chi connectivity index (χ1) is 15.2. The molecule has 1 aliphatic rings. The van der Waals surface area contributed by atoms with Crippen LogP contribution in [0.15, 0.2) is 53.4 Å². The van der Waals surface area contributed by atoms with E-state index >= 15 is 0 Å². The van der Waals surface area contributed by atoms with Crippen molar-refractivity contribution >= 4 is 32.4 Å². The average Bonchev–Trinajstić information content (AvgIpc) is 2.78. The molecule has 2 aromatic carbocycles. The van der Waals surface area contributed by atoms with Crippen LogP contribution < -0.4 is 4.90 Å². The summed E-state index contributed by atoms with van der Waals surface area (Å²) in [4.78, 5) is 17.4. The van der Waals surface area contributed by atoms with Gasteiger partial charge in [0.05, 0.1) is 10.4 Å². The molecule has 0 N–H and O–H groups in total. The van der Waals surface area contributed by atoms with Crippen LogP contribution in [-0.4, -0.2) is 48.8 Å². The van der Waals surface area contributed by atoms with E-state index < -0.39 is 20.6 Å². The molecule has 1 aromatic heterocycles. The monoisotopic (exact) mass is 454 g/mol. The molecule has 1 saturated heterocycles. The van der Waals surface area contributed by atoms with Crippen molar-refractivity contribution in [2.24, 2.45) is 0 Å². The second-order valence-corrected chi connectivity index (χ2v) is 10.2. The summed E-state index contributed by atoms with van der Waals surface area (Å²) in [5.74, 6) is 1.16. The van der Waals surface area contributed by atoms with E-state index in [0.29, 0.717) is 19.0 Å². The number of nitrogens with zero attached hydrogens (tertiary/aromatic N) is 4. The number of para-hydroxylation sites is 2. The van der Waals surface area contributed by atoms with Crippen LogP contribution in [0.5, 0.6) is 0 Å². The number of aromatic nitrogens is 1. The van der Waals surface area contributed by atoms with Gasteiger partial charge in [0.15, 0.2) is 4.90 Å². The highest BCUT2D eigenvalue weighted by Crippen LogP contribution is 2.31. The Kier molecular flexibility index (Phi) is 5.87. The molecule has 2 heterocycles. The van der Waals surface area contributed by atoms with Gasteiger partial charge in [-0.05, 0) is 36.1 Å². The van der Waals surface area contributed by atoms with Crippen molar-refractivity contribution in [3.05, 3.63) is 69.8 Å². The number of aryl methyl sites for hydroxylation is 1. The Balaban J connectivity index is 1.60. The summed E-state index contributed by atoms with van der Waals surface area (Å²) < 4.78 is 27.5. The molecule has 0 atom stereocenters. The van der Waals surface area contributed by atoms with E-state index in [1.165, 1.54) is 34.1 Å². The minimum absolute atomic E-state index is 0.235. The summed E-state index contributed by atoms with van der Waals surface area (Å²) in [6.07, 6.45) is 0. The van der Waals surface area contributed by atoms with E-state index in [0.717, 1.165) is 22.3 Å². The first kappa shape index (κ1) is 22.2. The zero-order chi connectivity index (χ0) is 23.0. The van der Waals surface area contributed by atoms with Gasteiger partial charge in [0.1, 0.15) is 5.82 Å². The van der Waals surface area contributed by atoms with Gasteiger partial charge in [-0.1, -0.05) is 44.2 Å². The van der Waals surface area contributed by atoms with Crippen molar-refractivity contribution < 1.29 is 13.3 Å². The first-order valence-corrected chi connectivity index (χ1v) is 12.0. The third-order valence-corrected chi connectivity index (χ3v) is 7.87. The molecule has 9 heteroatoms. The third kappa shape index (κ3) is 3.93. The van der Waals surface area contributed by atoms with Gasteiger partial charge >= 0.3 is 0 Å². The predicted molar refractivity (Wildman–Crippen MR) is 125 cm³/mol. The maximum absolute atomic E-state index is 13.1. The molecular weight excluding hydrogens is 428 g/mol. The smallest absolute Gasteiger partial charge is 0.289 e. The van der Waals surface area contributed by atoms with E-state index in [4.69, 9.17) is 4.98 Å². The fraction of sp³-hybridized carbons (Fsp3) is 0.348. The van der Waals surface area contributed by atoms with Crippen LogP contribution in [0.3, 0.4) is 0 Å². The Morgan fingerprint density at radius 3 is 2.38 bits per heavy atom. The van der Waals surface area contributed by atoms with Gasteiger partial charge < -0.3 is 4.90 Å². The highest BCUT2D eigenvalue weighted by atomic mass is 32.2. The second kappa shape index (κ2) is 8.48. The van der Waals surface area contributed by atoms with Crippen LogP contribution in [0.25, 0.3) is 10.9 Å². The van der Waals surface area contributed by atoms with Crippen molar-refractivity contribution in [1.82, 2.24) is 9.29 Å². The molecule has 32 heavy (non-hydrogen) atoms. The zero-order valence-corrected chi connectivity index (χ0v) is 19.2. The van der Waals surface area contributed by atoms with E-state index in [1.54, 1.807) is 0 Å². The molecule has 4 rings (SSSR count). The third-order valence-electron chi connectivity index (χ3n) is 5.93. The minimum Gasteiger partial charge on any atom is -0.354 e. The van der Waals surface area contributed by atoms with Gasteiger partial charge in [-0.25, -0.2) is 13.4 Å². The SMILES string of the molecule is Cc1cc(N2CCN(S(=O)(=O)c3ccccc3[N+](=O)[O-])CC2)nc2c(C(C)C)cccc12. The van der Waals surface area contributed by atoms with Crippen molar-refractivity contribution in [2.45, 2.75) is 31.6 Å². The lowest BCUT2D eigenvalue weighted by molar-refractivity contribution is -0.387. The molecule has 0 unspecified atom stereocenters. The normalized spacial score (nSPS) is 15.4. The summed E-state index contributed by atoms with van der Waals surface area (Å²) in [5.41, 5.74) is 2.89. The van der Waals surface area contributed by atoms with Crippen LogP contribution in [0.4, 0.5) is 11.5 Å². The number of nitro groups is 1. The van der Waals surface area contributed by atoms with Crippen molar-refractivity contribution in [1.29, 1.82) is 0 Å². The van der Waals surface area contributed by atoms with Gasteiger partial charge in [-0.15, -0.1) is 0 Å². The van der Waals surface area contributed by atoms with E-state index in [-0.39, 0.29) is 18.0 Å². The van der Waals surface area contributed by atoms with E-state index in [2.05, 4.69) is 43.9 Å². The van der Waals surface area contributed by atoms with Gasteiger partial charge in [0.2, 0.25) is 10.0 Å². The number of pyridine rings is 1. The molecule has 0 aliphatic carbocycles. The molecule has 3 aromatic rings. The number of nitro benzene ring substituents is 1. The summed E-state index contributed by atoms with van der Waals surface area (Å²) in [5, 5.41) is 12.4. The summed E-state index contributed by atoms with van der Waals surface area (Å²) >= 11 is 0. The van der Waals surface area contributed by atoms with E-state index in [1.807, 2.05) is 6.07 Å². The molecule has 0 bridgehead atoms. The van der Waals surface area contributed by atoms with Crippen LogP contribution in [-0.2, 0) is 10.0 Å². The number of fused-ring (bicyclic) bond motifs is 1. The van der Waals surface area contributed by atoms with Crippen LogP contribution >= 0.6 is 0 Å². The number of benzene rings is 2. The lowest BCUT2D eigenvalue weighted by atomic mass is 9.98. The van der Waals surface area contributed by atoms with Crippen molar-refractivity contribution in [3.8, 4) is 0 Å². The molecule has 0 radical (unpaired) electrons. The fourth-order valence-corrected chi connectivity index (χ4v) is 5.75. The average molecular weight is 455 g/mol. The molecule has 0 spiro atoms. The summed E-state index contributed by atoms with van der Waals surface area (Å²) in [7, 11) is -3.96. The van der Waals surface area contributed by atoms with Crippen LogP contribution in [0.2, 0.25) is 0 Å². The van der Waals surface area contributed by atoms with Gasteiger partial charge in [0, 0.05) is 37.6 Å². The lowest BCUT2D eigenvalue weighted by Crippen LogP contribution is -2.49. The standard InChI is InChI=1S/C23H26N4O4S/c1-16(2)18-7-6-8-19-17(3)15-22(24-23(18)19)25-11-13-26(14-12-25)32(30,31)21-10-5-4-9-20(21)27(28)29/h4-10,15-16H,11-14H2,1-3H3. The number of piperazine rings is 1. The van der Waals surface area contributed by atoms with E-state index in [9.17, 15) is 18.5 Å². The number of hydrogen-bond acceptors (Lipinski definition) is 6. The number of rotatable bonds is 5. The highest BCUT2D eigenvalue weighted by molar-refractivity contribution is 7.89. The quantitative estimate of drug-likeness (QED) is 0.426. The Morgan fingerprint density at radius 1 is 1.03 bits per heavy atom. The molecule has 0 saturated carbocycles. The maximum atomic E-state index is 13.1. The maximum Gasteiger partial charge on any atom is 0.289 e. The van der Waals surface area contributed by atoms with Crippen molar-refractivity contribution in [3.63, 3.8) is 0 Å². The number of anilines is 1. The second-order valence-electron chi connectivity index (χ2n) is 8.31. The van der Waals surface area contributed by atoms with Crippen molar-refractivity contribution in [2.75, 3.05) is 31.1 Å². The number of sulfonamides is 1. The highest BCUT2D eigenvalue weighted by Gasteiger charge is 2.33. The van der Waals surface area contributed by atoms with Gasteiger partial charge in [-0.2, -0.15) is 4.31 Å². The number of hydrogen-bond donors (Lipinski definition) is 0.